The Morgan fingerprint density at radius 1 is 1.17 bits per heavy atom. The van der Waals surface area contributed by atoms with E-state index in [0.29, 0.717) is 12.7 Å². The first-order valence-electron chi connectivity index (χ1n) is 6.95. The maximum atomic E-state index is 12.9. The molecule has 0 radical (unpaired) electrons. The highest BCUT2D eigenvalue weighted by atomic mass is 19.1. The Bertz CT molecular complexity index is 348. The minimum absolute atomic E-state index is 0.204. The van der Waals surface area contributed by atoms with Gasteiger partial charge in [0, 0.05) is 12.2 Å². The molecule has 2 nitrogen and oxygen atoms in total. The highest BCUT2D eigenvalue weighted by Crippen LogP contribution is 2.19. The summed E-state index contributed by atoms with van der Waals surface area (Å²) in [5, 5.41) is 3.18. The molecule has 0 aromatic heterocycles. The van der Waals surface area contributed by atoms with Crippen LogP contribution in [0.5, 0.6) is 0 Å². The molecule has 1 aromatic carbocycles. The van der Waals surface area contributed by atoms with Crippen LogP contribution in [0.25, 0.3) is 0 Å². The zero-order chi connectivity index (χ0) is 12.6. The summed E-state index contributed by atoms with van der Waals surface area (Å²) < 4.78 is 18.8. The topological polar surface area (TPSA) is 21.3 Å². The quantitative estimate of drug-likeness (QED) is 0.631. The summed E-state index contributed by atoms with van der Waals surface area (Å²) in [7, 11) is 0. The Kier molecular flexibility index (Phi) is 5.46. The van der Waals surface area contributed by atoms with Crippen molar-refractivity contribution in [2.75, 3.05) is 18.5 Å². The van der Waals surface area contributed by atoms with E-state index in [4.69, 9.17) is 4.74 Å². The number of hydrogen-bond acceptors (Lipinski definition) is 2. The second-order valence-electron chi connectivity index (χ2n) is 4.92. The van der Waals surface area contributed by atoms with Crippen molar-refractivity contribution in [1.29, 1.82) is 0 Å². The Labute approximate surface area is 109 Å². The van der Waals surface area contributed by atoms with Crippen LogP contribution < -0.4 is 5.32 Å². The molecule has 1 saturated carbocycles. The molecule has 1 aliphatic carbocycles. The predicted molar refractivity (Wildman–Crippen MR) is 72.3 cm³/mol. The van der Waals surface area contributed by atoms with E-state index < -0.39 is 0 Å². The summed E-state index contributed by atoms with van der Waals surface area (Å²) in [5.74, 6) is -0.204. The molecule has 0 amide bonds. The van der Waals surface area contributed by atoms with Crippen molar-refractivity contribution in [3.63, 3.8) is 0 Å². The van der Waals surface area contributed by atoms with Crippen LogP contribution in [0.1, 0.15) is 38.5 Å². The van der Waals surface area contributed by atoms with E-state index in [1.165, 1.54) is 50.7 Å². The summed E-state index contributed by atoms with van der Waals surface area (Å²) in [6, 6.07) is 6.54. The van der Waals surface area contributed by atoms with E-state index in [1.807, 2.05) is 6.07 Å². The Balaban J connectivity index is 1.63. The largest absolute Gasteiger partial charge is 0.383 e. The molecule has 0 aliphatic heterocycles. The van der Waals surface area contributed by atoms with Gasteiger partial charge in [0.25, 0.3) is 0 Å². The molecule has 1 aromatic rings. The van der Waals surface area contributed by atoms with Crippen LogP contribution in [0.15, 0.2) is 24.3 Å². The maximum absolute atomic E-state index is 12.9. The number of anilines is 1. The summed E-state index contributed by atoms with van der Waals surface area (Å²) in [4.78, 5) is 0. The van der Waals surface area contributed by atoms with Crippen LogP contribution in [0.3, 0.4) is 0 Å². The van der Waals surface area contributed by atoms with Gasteiger partial charge in [-0.3, -0.25) is 0 Å². The van der Waals surface area contributed by atoms with Gasteiger partial charge in [-0.25, -0.2) is 4.39 Å². The Morgan fingerprint density at radius 3 is 2.67 bits per heavy atom. The van der Waals surface area contributed by atoms with Crippen LogP contribution in [-0.2, 0) is 4.74 Å². The average molecular weight is 251 g/mol. The Morgan fingerprint density at radius 2 is 1.94 bits per heavy atom. The molecule has 0 unspecified atom stereocenters. The van der Waals surface area contributed by atoms with Gasteiger partial charge in [-0.1, -0.05) is 31.7 Å². The molecular weight excluding hydrogens is 229 g/mol. The minimum atomic E-state index is -0.204. The van der Waals surface area contributed by atoms with Gasteiger partial charge in [-0.05, 0) is 31.0 Å². The SMILES string of the molecule is Fc1cccc(NCCOC2CCCCCC2)c1. The standard InChI is InChI=1S/C15H22FNO/c16-13-6-5-7-14(12-13)17-10-11-18-15-8-3-1-2-4-9-15/h5-7,12,15,17H,1-4,8-11H2. The fourth-order valence-corrected chi connectivity index (χ4v) is 2.43. The third-order valence-corrected chi connectivity index (χ3v) is 3.41. The second-order valence-corrected chi connectivity index (χ2v) is 4.92. The molecule has 18 heavy (non-hydrogen) atoms. The molecule has 0 atom stereocenters. The molecule has 1 aliphatic rings. The average Bonchev–Trinajstić information content (AvgIpc) is 2.63. The third kappa shape index (κ3) is 4.65. The predicted octanol–water partition coefficient (Wildman–Crippen LogP) is 3.98. The lowest BCUT2D eigenvalue weighted by Crippen LogP contribution is -2.17. The van der Waals surface area contributed by atoms with Crippen LogP contribution in [0, 0.1) is 5.82 Å². The summed E-state index contributed by atoms with van der Waals surface area (Å²) in [5.41, 5.74) is 0.819. The van der Waals surface area contributed by atoms with Crippen LogP contribution in [0.4, 0.5) is 10.1 Å². The number of hydrogen-bond donors (Lipinski definition) is 1. The van der Waals surface area contributed by atoms with Crippen molar-refractivity contribution >= 4 is 5.69 Å². The van der Waals surface area contributed by atoms with Crippen molar-refractivity contribution in [3.05, 3.63) is 30.1 Å². The zero-order valence-corrected chi connectivity index (χ0v) is 10.8. The number of rotatable bonds is 5. The van der Waals surface area contributed by atoms with E-state index in [9.17, 15) is 4.39 Å². The number of benzene rings is 1. The van der Waals surface area contributed by atoms with Gasteiger partial charge >= 0.3 is 0 Å². The van der Waals surface area contributed by atoms with Gasteiger partial charge in [-0.2, -0.15) is 0 Å². The monoisotopic (exact) mass is 251 g/mol. The lowest BCUT2D eigenvalue weighted by molar-refractivity contribution is 0.0501. The fraction of sp³-hybridized carbons (Fsp3) is 0.600. The van der Waals surface area contributed by atoms with Gasteiger partial charge in [0.1, 0.15) is 5.82 Å². The molecule has 0 saturated heterocycles. The maximum Gasteiger partial charge on any atom is 0.125 e. The van der Waals surface area contributed by atoms with Crippen molar-refractivity contribution in [2.45, 2.75) is 44.6 Å². The first kappa shape index (κ1) is 13.3. The Hall–Kier alpha value is -1.09. The van der Waals surface area contributed by atoms with Crippen LogP contribution >= 0.6 is 0 Å². The number of nitrogens with one attached hydrogen (secondary N) is 1. The van der Waals surface area contributed by atoms with E-state index in [2.05, 4.69) is 5.32 Å². The van der Waals surface area contributed by atoms with Crippen molar-refractivity contribution in [2.24, 2.45) is 0 Å². The molecule has 1 fully saturated rings. The smallest absolute Gasteiger partial charge is 0.125 e. The normalized spacial score (nSPS) is 17.4. The van der Waals surface area contributed by atoms with E-state index >= 15 is 0 Å². The number of ether oxygens (including phenoxy) is 1. The molecule has 0 heterocycles. The lowest BCUT2D eigenvalue weighted by Gasteiger charge is -2.15. The van der Waals surface area contributed by atoms with E-state index in [0.717, 1.165) is 12.2 Å². The molecule has 100 valence electrons. The van der Waals surface area contributed by atoms with E-state index in [-0.39, 0.29) is 5.82 Å². The first-order chi connectivity index (χ1) is 8.84. The summed E-state index contributed by atoms with van der Waals surface area (Å²) in [6.45, 7) is 1.43. The summed E-state index contributed by atoms with van der Waals surface area (Å²) >= 11 is 0. The molecule has 0 spiro atoms. The summed E-state index contributed by atoms with van der Waals surface area (Å²) in [6.07, 6.45) is 8.11. The molecular formula is C15H22FNO. The molecule has 2 rings (SSSR count). The van der Waals surface area contributed by atoms with Gasteiger partial charge in [-0.15, -0.1) is 0 Å². The highest BCUT2D eigenvalue weighted by molar-refractivity contribution is 5.42. The molecule has 3 heteroatoms. The molecule has 0 bridgehead atoms. The van der Waals surface area contributed by atoms with Gasteiger partial charge < -0.3 is 10.1 Å². The fourth-order valence-electron chi connectivity index (χ4n) is 2.43. The third-order valence-electron chi connectivity index (χ3n) is 3.41. The highest BCUT2D eigenvalue weighted by Gasteiger charge is 2.11. The lowest BCUT2D eigenvalue weighted by atomic mass is 10.1. The van der Waals surface area contributed by atoms with Gasteiger partial charge in [0.15, 0.2) is 0 Å². The second kappa shape index (κ2) is 7.37. The van der Waals surface area contributed by atoms with Gasteiger partial charge in [0.2, 0.25) is 0 Å². The molecule has 1 N–H and O–H groups in total. The number of halogens is 1. The van der Waals surface area contributed by atoms with Crippen molar-refractivity contribution in [3.8, 4) is 0 Å². The zero-order valence-electron chi connectivity index (χ0n) is 10.8. The van der Waals surface area contributed by atoms with Gasteiger partial charge in [0.05, 0.1) is 12.7 Å². The van der Waals surface area contributed by atoms with E-state index in [1.54, 1.807) is 6.07 Å². The minimum Gasteiger partial charge on any atom is -0.383 e. The van der Waals surface area contributed by atoms with Crippen LogP contribution in [0.2, 0.25) is 0 Å². The first-order valence-corrected chi connectivity index (χ1v) is 6.95. The van der Waals surface area contributed by atoms with Crippen molar-refractivity contribution in [1.82, 2.24) is 0 Å². The van der Waals surface area contributed by atoms with Crippen molar-refractivity contribution < 1.29 is 9.13 Å². The van der Waals surface area contributed by atoms with Crippen LogP contribution in [-0.4, -0.2) is 19.3 Å².